The highest BCUT2D eigenvalue weighted by atomic mass is 32.2. The standard InChI is InChI=1S/C28H27F3N6O2S/c1-19-4-13-25(38-2)24(16-19)37-14-3-15-40-27(37)36-35-17-20-5-7-21(8-6-20)26(32)34-18-33-22-9-11-23(12-10-22)39-28(29,30)31/h4-13,16-18H,3,14-15H2,1-2H3,(H2,32,33,34)/b35-17+,36-27-. The van der Waals surface area contributed by atoms with Crippen molar-refractivity contribution in [2.75, 3.05) is 24.3 Å². The van der Waals surface area contributed by atoms with Gasteiger partial charge in [-0.05, 0) is 60.9 Å². The van der Waals surface area contributed by atoms with E-state index in [0.29, 0.717) is 11.3 Å². The Morgan fingerprint density at radius 3 is 2.50 bits per heavy atom. The zero-order valence-electron chi connectivity index (χ0n) is 21.8. The van der Waals surface area contributed by atoms with Crippen molar-refractivity contribution in [1.29, 1.82) is 0 Å². The number of aliphatic imine (C=N–C) groups is 2. The molecule has 40 heavy (non-hydrogen) atoms. The predicted molar refractivity (Wildman–Crippen MR) is 156 cm³/mol. The molecule has 12 heteroatoms. The number of alkyl halides is 3. The number of methoxy groups -OCH3 is 1. The number of aryl methyl sites for hydroxylation is 1. The molecule has 0 radical (unpaired) electrons. The molecule has 0 unspecified atom stereocenters. The van der Waals surface area contributed by atoms with Crippen molar-refractivity contribution in [2.24, 2.45) is 25.9 Å². The Morgan fingerprint density at radius 2 is 1.80 bits per heavy atom. The minimum absolute atomic E-state index is 0.228. The van der Waals surface area contributed by atoms with Gasteiger partial charge in [-0.3, -0.25) is 0 Å². The van der Waals surface area contributed by atoms with E-state index >= 15 is 0 Å². The van der Waals surface area contributed by atoms with Crippen LogP contribution in [0.5, 0.6) is 11.5 Å². The molecule has 1 heterocycles. The number of benzene rings is 3. The number of thioether (sulfide) groups is 1. The molecular weight excluding hydrogens is 541 g/mol. The highest BCUT2D eigenvalue weighted by Crippen LogP contribution is 2.33. The number of nitrogens with two attached hydrogens (primary N) is 1. The van der Waals surface area contributed by atoms with Crippen molar-refractivity contribution >= 4 is 46.7 Å². The number of ether oxygens (including phenoxy) is 2. The van der Waals surface area contributed by atoms with Gasteiger partial charge in [-0.15, -0.1) is 18.3 Å². The summed E-state index contributed by atoms with van der Waals surface area (Å²) in [7, 11) is 1.66. The highest BCUT2D eigenvalue weighted by Gasteiger charge is 2.31. The Kier molecular flexibility index (Phi) is 9.43. The van der Waals surface area contributed by atoms with Gasteiger partial charge < -0.3 is 20.1 Å². The molecule has 1 fully saturated rings. The predicted octanol–water partition coefficient (Wildman–Crippen LogP) is 6.30. The highest BCUT2D eigenvalue weighted by molar-refractivity contribution is 8.14. The molecule has 1 saturated heterocycles. The van der Waals surface area contributed by atoms with Crippen LogP contribution in [0.15, 0.2) is 86.9 Å². The first-order valence-corrected chi connectivity index (χ1v) is 13.2. The quantitative estimate of drug-likeness (QED) is 0.195. The molecule has 208 valence electrons. The molecule has 0 aliphatic carbocycles. The van der Waals surface area contributed by atoms with E-state index in [0.717, 1.165) is 46.4 Å². The van der Waals surface area contributed by atoms with Crippen molar-refractivity contribution in [1.82, 2.24) is 0 Å². The molecule has 0 spiro atoms. The van der Waals surface area contributed by atoms with Crippen LogP contribution in [0, 0.1) is 6.92 Å². The van der Waals surface area contributed by atoms with Gasteiger partial charge in [-0.25, -0.2) is 9.98 Å². The van der Waals surface area contributed by atoms with Crippen LogP contribution in [0.3, 0.4) is 0 Å². The van der Waals surface area contributed by atoms with E-state index in [9.17, 15) is 13.2 Å². The summed E-state index contributed by atoms with van der Waals surface area (Å²) in [5.74, 6) is 1.66. The molecule has 0 aromatic heterocycles. The molecule has 0 saturated carbocycles. The molecular formula is C28H27F3N6O2S. The maximum Gasteiger partial charge on any atom is 0.573 e. The van der Waals surface area contributed by atoms with E-state index < -0.39 is 6.36 Å². The van der Waals surface area contributed by atoms with E-state index in [1.165, 1.54) is 30.6 Å². The molecule has 3 aromatic carbocycles. The van der Waals surface area contributed by atoms with Crippen LogP contribution in [0.2, 0.25) is 0 Å². The molecule has 1 aliphatic rings. The van der Waals surface area contributed by atoms with Crippen LogP contribution in [-0.2, 0) is 0 Å². The summed E-state index contributed by atoms with van der Waals surface area (Å²) in [6, 6.07) is 18.4. The maximum atomic E-state index is 12.3. The van der Waals surface area contributed by atoms with Gasteiger partial charge in [0.25, 0.3) is 0 Å². The van der Waals surface area contributed by atoms with E-state index in [2.05, 4.69) is 35.9 Å². The van der Waals surface area contributed by atoms with Crippen molar-refractivity contribution in [3.63, 3.8) is 0 Å². The van der Waals surface area contributed by atoms with Gasteiger partial charge >= 0.3 is 6.36 Å². The second-order valence-corrected chi connectivity index (χ2v) is 9.64. The molecule has 3 aromatic rings. The lowest BCUT2D eigenvalue weighted by Gasteiger charge is -2.30. The number of anilines is 1. The number of rotatable bonds is 8. The SMILES string of the molecule is COc1ccc(C)cc1N1CCCS/C1=N\N=C\c1ccc(C(N)=NC=Nc2ccc(OC(F)(F)F)cc2)cc1. The second kappa shape index (κ2) is 13.2. The Morgan fingerprint density at radius 1 is 1.05 bits per heavy atom. The number of hydrogen-bond acceptors (Lipinski definition) is 6. The summed E-state index contributed by atoms with van der Waals surface area (Å²) in [6.45, 7) is 2.87. The molecule has 4 rings (SSSR count). The van der Waals surface area contributed by atoms with Crippen molar-refractivity contribution in [3.05, 3.63) is 83.4 Å². The van der Waals surface area contributed by atoms with Crippen molar-refractivity contribution < 1.29 is 22.6 Å². The number of halogens is 3. The van der Waals surface area contributed by atoms with Gasteiger partial charge in [0, 0.05) is 17.9 Å². The smallest absolute Gasteiger partial charge is 0.495 e. The zero-order valence-corrected chi connectivity index (χ0v) is 22.6. The van der Waals surface area contributed by atoms with E-state index in [1.807, 2.05) is 31.2 Å². The van der Waals surface area contributed by atoms with Crippen LogP contribution < -0.4 is 20.1 Å². The fraction of sp³-hybridized carbons (Fsp3) is 0.214. The first-order valence-electron chi connectivity index (χ1n) is 12.2. The number of amidine groups is 2. The zero-order chi connectivity index (χ0) is 28.5. The largest absolute Gasteiger partial charge is 0.573 e. The lowest BCUT2D eigenvalue weighted by atomic mass is 10.1. The molecule has 0 amide bonds. The van der Waals surface area contributed by atoms with Crippen LogP contribution in [-0.4, -0.2) is 49.3 Å². The molecule has 2 N–H and O–H groups in total. The molecule has 0 bridgehead atoms. The van der Waals surface area contributed by atoms with Gasteiger partial charge in [0.15, 0.2) is 5.17 Å². The number of hydrogen-bond donors (Lipinski definition) is 1. The van der Waals surface area contributed by atoms with E-state index in [1.54, 1.807) is 37.2 Å². The summed E-state index contributed by atoms with van der Waals surface area (Å²) in [5.41, 5.74) is 10.1. The minimum Gasteiger partial charge on any atom is -0.495 e. The lowest BCUT2D eigenvalue weighted by Crippen LogP contribution is -2.34. The van der Waals surface area contributed by atoms with Gasteiger partial charge in [0.1, 0.15) is 23.7 Å². The average Bonchev–Trinajstić information content (AvgIpc) is 2.94. The first-order chi connectivity index (χ1) is 19.2. The minimum atomic E-state index is -4.75. The summed E-state index contributed by atoms with van der Waals surface area (Å²) in [6.07, 6.45) is -0.816. The summed E-state index contributed by atoms with van der Waals surface area (Å²) in [5, 5.41) is 9.60. The van der Waals surface area contributed by atoms with Crippen molar-refractivity contribution in [2.45, 2.75) is 19.7 Å². The third kappa shape index (κ3) is 8.09. The van der Waals surface area contributed by atoms with Crippen LogP contribution in [0.1, 0.15) is 23.1 Å². The van der Waals surface area contributed by atoms with E-state index in [-0.39, 0.29) is 11.6 Å². The lowest BCUT2D eigenvalue weighted by molar-refractivity contribution is -0.274. The van der Waals surface area contributed by atoms with Crippen LogP contribution in [0.4, 0.5) is 24.5 Å². The monoisotopic (exact) mass is 568 g/mol. The van der Waals surface area contributed by atoms with E-state index in [4.69, 9.17) is 10.5 Å². The van der Waals surface area contributed by atoms with Crippen LogP contribution >= 0.6 is 11.8 Å². The number of nitrogens with zero attached hydrogens (tertiary/aromatic N) is 5. The third-order valence-electron chi connectivity index (χ3n) is 5.64. The van der Waals surface area contributed by atoms with Gasteiger partial charge in [0.2, 0.25) is 0 Å². The van der Waals surface area contributed by atoms with Crippen molar-refractivity contribution in [3.8, 4) is 11.5 Å². The fourth-order valence-electron chi connectivity index (χ4n) is 3.73. The Balaban J connectivity index is 1.39. The second-order valence-electron chi connectivity index (χ2n) is 8.58. The normalized spacial score (nSPS) is 15.8. The Hall–Kier alpha value is -4.32. The topological polar surface area (TPSA) is 97.2 Å². The van der Waals surface area contributed by atoms with Gasteiger partial charge in [0.05, 0.1) is 24.7 Å². The molecule has 8 nitrogen and oxygen atoms in total. The third-order valence-corrected chi connectivity index (χ3v) is 6.70. The van der Waals surface area contributed by atoms with Gasteiger partial charge in [-0.1, -0.05) is 42.1 Å². The summed E-state index contributed by atoms with van der Waals surface area (Å²) >= 11 is 1.65. The van der Waals surface area contributed by atoms with Crippen LogP contribution in [0.25, 0.3) is 0 Å². The summed E-state index contributed by atoms with van der Waals surface area (Å²) in [4.78, 5) is 10.3. The fourth-order valence-corrected chi connectivity index (χ4v) is 4.63. The average molecular weight is 569 g/mol. The summed E-state index contributed by atoms with van der Waals surface area (Å²) < 4.78 is 46.2. The molecule has 0 atom stereocenters. The molecule has 1 aliphatic heterocycles. The first kappa shape index (κ1) is 28.7. The Labute approximate surface area is 234 Å². The maximum absolute atomic E-state index is 12.3. The van der Waals surface area contributed by atoms with Gasteiger partial charge in [-0.2, -0.15) is 5.10 Å². The Bertz CT molecular complexity index is 1420.